The average molecular weight is 375 g/mol. The summed E-state index contributed by atoms with van der Waals surface area (Å²) in [6.45, 7) is 0. The van der Waals surface area contributed by atoms with Crippen molar-refractivity contribution in [2.45, 2.75) is 0 Å². The van der Waals surface area contributed by atoms with E-state index in [0.717, 1.165) is 11.1 Å². The van der Waals surface area contributed by atoms with E-state index in [1.807, 2.05) is 60.7 Å². The highest BCUT2D eigenvalue weighted by Crippen LogP contribution is 2.38. The molecule has 0 aliphatic rings. The molecule has 0 unspecified atom stereocenters. The first kappa shape index (κ1) is 19.2. The third kappa shape index (κ3) is 4.04. The van der Waals surface area contributed by atoms with Gasteiger partial charge in [0.25, 0.3) is 5.91 Å². The van der Waals surface area contributed by atoms with Gasteiger partial charge in [-0.05, 0) is 12.1 Å². The minimum absolute atomic E-state index is 0.346. The molecule has 0 spiro atoms. The summed E-state index contributed by atoms with van der Waals surface area (Å²) in [5.41, 5.74) is 2.66. The highest BCUT2D eigenvalue weighted by atomic mass is 16.5. The summed E-state index contributed by atoms with van der Waals surface area (Å²) in [7, 11) is 4.53. The quantitative estimate of drug-likeness (QED) is 0.600. The molecule has 1 amide bonds. The van der Waals surface area contributed by atoms with Gasteiger partial charge in [0.05, 0.1) is 27.0 Å². The number of methoxy groups -OCH3 is 3. The van der Waals surface area contributed by atoms with Gasteiger partial charge in [-0.15, -0.1) is 0 Å². The first-order chi connectivity index (χ1) is 13.7. The van der Waals surface area contributed by atoms with Crippen LogP contribution in [0.25, 0.3) is 0 Å². The average Bonchev–Trinajstić information content (AvgIpc) is 2.77. The lowest BCUT2D eigenvalue weighted by Crippen LogP contribution is -2.08. The van der Waals surface area contributed by atoms with E-state index in [0.29, 0.717) is 28.5 Å². The van der Waals surface area contributed by atoms with Crippen molar-refractivity contribution in [2.75, 3.05) is 21.3 Å². The van der Waals surface area contributed by atoms with E-state index in [2.05, 4.69) is 4.99 Å². The van der Waals surface area contributed by atoms with Crippen LogP contribution in [-0.2, 0) is 0 Å². The van der Waals surface area contributed by atoms with Crippen molar-refractivity contribution >= 4 is 11.6 Å². The Balaban J connectivity index is 2.10. The molecule has 3 aromatic carbocycles. The van der Waals surface area contributed by atoms with Crippen LogP contribution in [-0.4, -0.2) is 32.9 Å². The van der Waals surface area contributed by atoms with Crippen LogP contribution in [0.4, 0.5) is 0 Å². The minimum Gasteiger partial charge on any atom is -0.493 e. The summed E-state index contributed by atoms with van der Waals surface area (Å²) < 4.78 is 16.0. The zero-order valence-electron chi connectivity index (χ0n) is 16.0. The van der Waals surface area contributed by atoms with Crippen molar-refractivity contribution in [3.63, 3.8) is 0 Å². The second-order valence-electron chi connectivity index (χ2n) is 5.91. The molecule has 3 rings (SSSR count). The summed E-state index contributed by atoms with van der Waals surface area (Å²) in [5, 5.41) is 0. The third-order valence-corrected chi connectivity index (χ3v) is 4.22. The summed E-state index contributed by atoms with van der Waals surface area (Å²) in [5.74, 6) is 0.835. The fourth-order valence-corrected chi connectivity index (χ4v) is 2.86. The van der Waals surface area contributed by atoms with E-state index in [9.17, 15) is 4.79 Å². The van der Waals surface area contributed by atoms with Crippen molar-refractivity contribution in [3.8, 4) is 17.2 Å². The van der Waals surface area contributed by atoms with E-state index in [-0.39, 0.29) is 0 Å². The second-order valence-corrected chi connectivity index (χ2v) is 5.91. The maximum atomic E-state index is 13.0. The molecule has 0 aliphatic carbocycles. The van der Waals surface area contributed by atoms with Crippen LogP contribution < -0.4 is 14.2 Å². The van der Waals surface area contributed by atoms with E-state index < -0.39 is 5.91 Å². The normalized spacial score (nSPS) is 10.1. The highest BCUT2D eigenvalue weighted by Gasteiger charge is 2.18. The van der Waals surface area contributed by atoms with Gasteiger partial charge in [0.2, 0.25) is 5.75 Å². The standard InChI is InChI=1S/C23H21NO4/c1-26-19-14-18(15-20(27-2)22(19)28-3)23(25)24-21(16-10-6-4-7-11-16)17-12-8-5-9-13-17/h4-15H,1-3H3. The van der Waals surface area contributed by atoms with E-state index in [1.54, 1.807) is 12.1 Å². The molecule has 0 atom stereocenters. The molecule has 0 fully saturated rings. The number of nitrogens with zero attached hydrogens (tertiary/aromatic N) is 1. The van der Waals surface area contributed by atoms with Crippen molar-refractivity contribution in [3.05, 3.63) is 89.5 Å². The van der Waals surface area contributed by atoms with Gasteiger partial charge in [0.15, 0.2) is 11.5 Å². The second kappa shape index (κ2) is 8.86. The lowest BCUT2D eigenvalue weighted by Gasteiger charge is -2.13. The zero-order chi connectivity index (χ0) is 19.9. The summed E-state index contributed by atoms with van der Waals surface area (Å²) in [6, 6.07) is 22.4. The molecule has 28 heavy (non-hydrogen) atoms. The number of carbonyl (C=O) groups is 1. The molecule has 0 radical (unpaired) electrons. The van der Waals surface area contributed by atoms with E-state index in [4.69, 9.17) is 14.2 Å². The first-order valence-electron chi connectivity index (χ1n) is 8.71. The predicted octanol–water partition coefficient (Wildman–Crippen LogP) is 4.39. The van der Waals surface area contributed by atoms with Crippen LogP contribution >= 0.6 is 0 Å². The fourth-order valence-electron chi connectivity index (χ4n) is 2.86. The van der Waals surface area contributed by atoms with Gasteiger partial charge >= 0.3 is 0 Å². The maximum Gasteiger partial charge on any atom is 0.277 e. The number of aliphatic imine (C=N–C) groups is 1. The molecule has 0 N–H and O–H groups in total. The molecule has 0 aromatic heterocycles. The number of hydrogen-bond donors (Lipinski definition) is 0. The monoisotopic (exact) mass is 375 g/mol. The van der Waals surface area contributed by atoms with Gasteiger partial charge in [0, 0.05) is 16.7 Å². The van der Waals surface area contributed by atoms with Gasteiger partial charge in [-0.2, -0.15) is 0 Å². The minimum atomic E-state index is -0.401. The van der Waals surface area contributed by atoms with Gasteiger partial charge in [-0.1, -0.05) is 60.7 Å². The Bertz CT molecular complexity index is 915. The van der Waals surface area contributed by atoms with Crippen LogP contribution in [0.5, 0.6) is 17.2 Å². The van der Waals surface area contributed by atoms with E-state index in [1.165, 1.54) is 21.3 Å². The van der Waals surface area contributed by atoms with Crippen molar-refractivity contribution in [2.24, 2.45) is 4.99 Å². The molecule has 0 aliphatic heterocycles. The Hall–Kier alpha value is -3.60. The number of carbonyl (C=O) groups excluding carboxylic acids is 1. The molecule has 0 saturated heterocycles. The Kier molecular flexibility index (Phi) is 6.07. The predicted molar refractivity (Wildman–Crippen MR) is 109 cm³/mol. The number of hydrogen-bond acceptors (Lipinski definition) is 4. The number of benzene rings is 3. The molecule has 5 nitrogen and oxygen atoms in total. The number of rotatable bonds is 6. The SMILES string of the molecule is COc1cc(C(=O)N=C(c2ccccc2)c2ccccc2)cc(OC)c1OC. The molecular weight excluding hydrogens is 354 g/mol. The Morgan fingerprint density at radius 3 is 1.54 bits per heavy atom. The Morgan fingerprint density at radius 2 is 1.14 bits per heavy atom. The fraction of sp³-hybridized carbons (Fsp3) is 0.130. The highest BCUT2D eigenvalue weighted by molar-refractivity contribution is 6.18. The van der Waals surface area contributed by atoms with Gasteiger partial charge in [-0.25, -0.2) is 4.99 Å². The number of ether oxygens (including phenoxy) is 3. The number of amides is 1. The van der Waals surface area contributed by atoms with Gasteiger partial charge < -0.3 is 14.2 Å². The third-order valence-electron chi connectivity index (χ3n) is 4.22. The van der Waals surface area contributed by atoms with Gasteiger partial charge in [0.1, 0.15) is 0 Å². The smallest absolute Gasteiger partial charge is 0.277 e. The molecule has 3 aromatic rings. The molecule has 0 bridgehead atoms. The van der Waals surface area contributed by atoms with Crippen LogP contribution in [0.15, 0.2) is 77.8 Å². The van der Waals surface area contributed by atoms with Crippen LogP contribution in [0.3, 0.4) is 0 Å². The topological polar surface area (TPSA) is 57.1 Å². The van der Waals surface area contributed by atoms with Gasteiger partial charge in [-0.3, -0.25) is 4.79 Å². The molecular formula is C23H21NO4. The largest absolute Gasteiger partial charge is 0.493 e. The van der Waals surface area contributed by atoms with E-state index >= 15 is 0 Å². The van der Waals surface area contributed by atoms with Crippen molar-refractivity contribution < 1.29 is 19.0 Å². The van der Waals surface area contributed by atoms with Crippen molar-refractivity contribution in [1.82, 2.24) is 0 Å². The lowest BCUT2D eigenvalue weighted by molar-refractivity contribution is 0.100. The maximum absolute atomic E-state index is 13.0. The van der Waals surface area contributed by atoms with Crippen LogP contribution in [0, 0.1) is 0 Å². The van der Waals surface area contributed by atoms with Crippen LogP contribution in [0.1, 0.15) is 21.5 Å². The lowest BCUT2D eigenvalue weighted by atomic mass is 10.0. The zero-order valence-corrected chi connectivity index (χ0v) is 16.0. The molecule has 0 heterocycles. The molecule has 5 heteroatoms. The first-order valence-corrected chi connectivity index (χ1v) is 8.71. The molecule has 142 valence electrons. The Morgan fingerprint density at radius 1 is 0.679 bits per heavy atom. The Labute approximate surface area is 164 Å². The summed E-state index contributed by atoms with van der Waals surface area (Å²) in [6.07, 6.45) is 0. The summed E-state index contributed by atoms with van der Waals surface area (Å²) >= 11 is 0. The molecule has 0 saturated carbocycles. The van der Waals surface area contributed by atoms with Crippen LogP contribution in [0.2, 0.25) is 0 Å². The summed E-state index contributed by atoms with van der Waals surface area (Å²) in [4.78, 5) is 17.4. The van der Waals surface area contributed by atoms with Crippen molar-refractivity contribution in [1.29, 1.82) is 0 Å².